The van der Waals surface area contributed by atoms with Crippen LogP contribution in [-0.2, 0) is 0 Å². The Morgan fingerprint density at radius 3 is 2.17 bits per heavy atom. The van der Waals surface area contributed by atoms with Crippen LogP contribution in [0.15, 0.2) is 40.5 Å². The minimum atomic E-state index is -6.00. The predicted octanol–water partition coefficient (Wildman–Crippen LogP) is 1.95. The SMILES string of the molecule is CCCC/C=C/[I+]c1ccccc1.F[B-](F)(F)F. The van der Waals surface area contributed by atoms with Crippen molar-refractivity contribution in [2.24, 2.45) is 0 Å². The highest BCUT2D eigenvalue weighted by atomic mass is 127. The molecule has 0 aliphatic carbocycles. The van der Waals surface area contributed by atoms with Crippen molar-refractivity contribution in [1.82, 2.24) is 0 Å². The van der Waals surface area contributed by atoms with Crippen molar-refractivity contribution in [3.8, 4) is 0 Å². The summed E-state index contributed by atoms with van der Waals surface area (Å²) in [6.45, 7) is 2.24. The molecule has 0 N–H and O–H groups in total. The molecule has 0 aliphatic heterocycles. The summed E-state index contributed by atoms with van der Waals surface area (Å²) in [6.07, 6.45) is 6.22. The topological polar surface area (TPSA) is 0 Å². The van der Waals surface area contributed by atoms with Gasteiger partial charge in [0.25, 0.3) is 0 Å². The fourth-order valence-corrected chi connectivity index (χ4v) is 2.85. The molecule has 0 spiro atoms. The van der Waals surface area contributed by atoms with Gasteiger partial charge in [0.15, 0.2) is 7.65 Å². The largest absolute Gasteiger partial charge is 0.673 e. The lowest BCUT2D eigenvalue weighted by Crippen LogP contribution is -3.59. The summed E-state index contributed by atoms with van der Waals surface area (Å²) in [5, 5.41) is 0. The lowest BCUT2D eigenvalue weighted by atomic mass is 10.3. The fraction of sp³-hybridized carbons (Fsp3) is 0.333. The Morgan fingerprint density at radius 2 is 1.67 bits per heavy atom. The van der Waals surface area contributed by atoms with Crippen LogP contribution in [0.3, 0.4) is 0 Å². The van der Waals surface area contributed by atoms with Crippen LogP contribution in [0, 0.1) is 3.57 Å². The van der Waals surface area contributed by atoms with Gasteiger partial charge in [-0.05, 0) is 31.1 Å². The van der Waals surface area contributed by atoms with E-state index >= 15 is 0 Å². The molecule has 1 rings (SSSR count). The van der Waals surface area contributed by atoms with Crippen LogP contribution in [-0.4, -0.2) is 7.25 Å². The molecular weight excluding hydrogens is 358 g/mol. The lowest BCUT2D eigenvalue weighted by molar-refractivity contribution is -0.557. The third-order valence-corrected chi connectivity index (χ3v) is 4.04. The molecule has 0 atom stereocenters. The van der Waals surface area contributed by atoms with Crippen molar-refractivity contribution in [2.75, 3.05) is 0 Å². The van der Waals surface area contributed by atoms with Crippen LogP contribution in [0.2, 0.25) is 0 Å². The predicted molar refractivity (Wildman–Crippen MR) is 64.0 cm³/mol. The van der Waals surface area contributed by atoms with Crippen molar-refractivity contribution >= 4 is 7.25 Å². The molecule has 0 bridgehead atoms. The number of benzene rings is 1. The van der Waals surface area contributed by atoms with Gasteiger partial charge >= 0.3 is 28.5 Å². The van der Waals surface area contributed by atoms with Gasteiger partial charge in [-0.1, -0.05) is 31.5 Å². The van der Waals surface area contributed by atoms with Crippen LogP contribution in [0.5, 0.6) is 0 Å². The Hall–Kier alpha value is -0.525. The second-order valence-corrected chi connectivity index (χ2v) is 5.99. The van der Waals surface area contributed by atoms with Gasteiger partial charge in [-0.25, -0.2) is 0 Å². The second kappa shape index (κ2) is 10.4. The first-order chi connectivity index (χ1) is 8.43. The van der Waals surface area contributed by atoms with Crippen molar-refractivity contribution in [2.45, 2.75) is 26.2 Å². The van der Waals surface area contributed by atoms with Crippen LogP contribution >= 0.6 is 0 Å². The molecule has 0 fully saturated rings. The van der Waals surface area contributed by atoms with E-state index in [9.17, 15) is 17.3 Å². The van der Waals surface area contributed by atoms with Crippen LogP contribution < -0.4 is 21.2 Å². The molecule has 0 nitrogen and oxygen atoms in total. The number of allylic oxidation sites excluding steroid dienone is 1. The molecule has 0 aliphatic rings. The molecule has 6 heteroatoms. The van der Waals surface area contributed by atoms with Crippen LogP contribution in [0.4, 0.5) is 17.3 Å². The fourth-order valence-electron chi connectivity index (χ4n) is 0.990. The maximum absolute atomic E-state index is 9.75. The quantitative estimate of drug-likeness (QED) is 0.320. The Labute approximate surface area is 116 Å². The van der Waals surface area contributed by atoms with E-state index in [4.69, 9.17) is 0 Å². The average Bonchev–Trinajstić information content (AvgIpc) is 2.28. The molecule has 1 aromatic carbocycles. The maximum atomic E-state index is 9.75. The van der Waals surface area contributed by atoms with Gasteiger partial charge in [0, 0.05) is 0 Å². The molecular formula is C12H16BF4I. The molecule has 0 amide bonds. The van der Waals surface area contributed by atoms with E-state index in [0.29, 0.717) is 0 Å². The van der Waals surface area contributed by atoms with Crippen molar-refractivity contribution in [3.05, 3.63) is 44.1 Å². The highest BCUT2D eigenvalue weighted by Gasteiger charge is 2.20. The van der Waals surface area contributed by atoms with E-state index in [0.717, 1.165) is 0 Å². The van der Waals surface area contributed by atoms with E-state index in [1.54, 1.807) is 0 Å². The minimum Gasteiger partial charge on any atom is -0.418 e. The van der Waals surface area contributed by atoms with E-state index in [-0.39, 0.29) is 21.2 Å². The zero-order chi connectivity index (χ0) is 13.9. The van der Waals surface area contributed by atoms with Gasteiger partial charge in [-0.3, -0.25) is 0 Å². The third kappa shape index (κ3) is 15.5. The molecule has 18 heavy (non-hydrogen) atoms. The Balaban J connectivity index is 0.000000494. The summed E-state index contributed by atoms with van der Waals surface area (Å²) in [4.78, 5) is 0. The van der Waals surface area contributed by atoms with Gasteiger partial charge in [-0.2, -0.15) is 0 Å². The van der Waals surface area contributed by atoms with Gasteiger partial charge in [0.2, 0.25) is 0 Å². The number of hydrogen-bond donors (Lipinski definition) is 0. The monoisotopic (exact) mass is 374 g/mol. The number of halogens is 5. The van der Waals surface area contributed by atoms with Crippen LogP contribution in [0.1, 0.15) is 26.2 Å². The molecule has 0 saturated heterocycles. The number of unbranched alkanes of at least 4 members (excludes halogenated alkanes) is 2. The van der Waals surface area contributed by atoms with E-state index < -0.39 is 7.25 Å². The Morgan fingerprint density at radius 1 is 1.11 bits per heavy atom. The smallest absolute Gasteiger partial charge is 0.418 e. The third-order valence-electron chi connectivity index (χ3n) is 1.74. The van der Waals surface area contributed by atoms with Crippen LogP contribution in [0.25, 0.3) is 0 Å². The standard InChI is InChI=1S/C12H16I.BF4/c1-2-3-4-8-11-13-12-9-6-5-7-10-12;2-1(3,4)5/h5-11H,2-4H2,1H3;/q+1;-1/b11-8+;. The summed E-state index contributed by atoms with van der Waals surface area (Å²) in [6, 6.07) is 10.8. The highest BCUT2D eigenvalue weighted by Crippen LogP contribution is 2.06. The maximum Gasteiger partial charge on any atom is 0.673 e. The molecule has 0 heterocycles. The van der Waals surface area contributed by atoms with Gasteiger partial charge in [0.1, 0.15) is 0 Å². The molecule has 0 radical (unpaired) electrons. The summed E-state index contributed by atoms with van der Waals surface area (Å²) >= 11 is 0.128. The first-order valence-electron chi connectivity index (χ1n) is 5.64. The summed E-state index contributed by atoms with van der Waals surface area (Å²) in [5.74, 6) is 0. The van der Waals surface area contributed by atoms with Crippen molar-refractivity contribution in [3.63, 3.8) is 0 Å². The van der Waals surface area contributed by atoms with Crippen molar-refractivity contribution < 1.29 is 38.5 Å². The van der Waals surface area contributed by atoms with E-state index in [2.05, 4.69) is 47.4 Å². The summed E-state index contributed by atoms with van der Waals surface area (Å²) in [7, 11) is -6.00. The normalized spacial score (nSPS) is 11.2. The minimum absolute atomic E-state index is 0.128. The Kier molecular flexibility index (Phi) is 10.1. The molecule has 0 saturated carbocycles. The highest BCUT2D eigenvalue weighted by molar-refractivity contribution is 6.50. The molecule has 1 aromatic rings. The Bertz CT molecular complexity index is 319. The molecule has 102 valence electrons. The average molecular weight is 374 g/mol. The number of hydrogen-bond acceptors (Lipinski definition) is 0. The second-order valence-electron chi connectivity index (χ2n) is 3.40. The summed E-state index contributed by atoms with van der Waals surface area (Å²) < 4.78 is 42.9. The van der Waals surface area contributed by atoms with E-state index in [1.807, 2.05) is 0 Å². The summed E-state index contributed by atoms with van der Waals surface area (Å²) in [5.41, 5.74) is 0. The van der Waals surface area contributed by atoms with Gasteiger partial charge in [0.05, 0.1) is 0 Å². The first-order valence-corrected chi connectivity index (χ1v) is 7.96. The zero-order valence-electron chi connectivity index (χ0n) is 10.1. The molecule has 0 unspecified atom stereocenters. The molecule has 0 aromatic heterocycles. The first kappa shape index (κ1) is 17.5. The van der Waals surface area contributed by atoms with Gasteiger partial charge < -0.3 is 17.3 Å². The zero-order valence-corrected chi connectivity index (χ0v) is 12.3. The van der Waals surface area contributed by atoms with E-state index in [1.165, 1.54) is 22.8 Å². The van der Waals surface area contributed by atoms with Gasteiger partial charge in [-0.15, -0.1) is 0 Å². The van der Waals surface area contributed by atoms with Crippen molar-refractivity contribution in [1.29, 1.82) is 0 Å². The number of rotatable bonds is 5. The lowest BCUT2D eigenvalue weighted by Gasteiger charge is -1.94.